The Kier molecular flexibility index (Phi) is 4.74. The molecule has 0 spiro atoms. The van der Waals surface area contributed by atoms with Gasteiger partial charge >= 0.3 is 0 Å². The van der Waals surface area contributed by atoms with Gasteiger partial charge in [-0.3, -0.25) is 0 Å². The van der Waals surface area contributed by atoms with Crippen molar-refractivity contribution in [1.29, 1.82) is 0 Å². The highest BCUT2D eigenvalue weighted by molar-refractivity contribution is 5.61. The number of oxazole rings is 1. The quantitative estimate of drug-likeness (QED) is 0.881. The lowest BCUT2D eigenvalue weighted by Crippen LogP contribution is -2.19. The normalized spacial score (nSPS) is 11.1. The van der Waals surface area contributed by atoms with Gasteiger partial charge in [-0.15, -0.1) is 0 Å². The number of ether oxygens (including phenoxy) is 1. The molecule has 1 N–H and O–H groups in total. The van der Waals surface area contributed by atoms with Crippen molar-refractivity contribution >= 4 is 0 Å². The molecule has 1 aromatic carbocycles. The molecule has 0 amide bonds. The van der Waals surface area contributed by atoms with E-state index in [1.807, 2.05) is 0 Å². The van der Waals surface area contributed by atoms with Gasteiger partial charge in [-0.05, 0) is 30.7 Å². The minimum Gasteiger partial charge on any atom is -0.494 e. The van der Waals surface area contributed by atoms with E-state index in [0.29, 0.717) is 18.2 Å². The van der Waals surface area contributed by atoms with Crippen molar-refractivity contribution in [2.75, 3.05) is 13.7 Å². The summed E-state index contributed by atoms with van der Waals surface area (Å²) in [6.45, 7) is 5.80. The van der Waals surface area contributed by atoms with Crippen LogP contribution in [0.3, 0.4) is 0 Å². The Morgan fingerprint density at radius 3 is 2.90 bits per heavy atom. The van der Waals surface area contributed by atoms with Crippen LogP contribution in [0.25, 0.3) is 11.3 Å². The zero-order chi connectivity index (χ0) is 14.5. The maximum absolute atomic E-state index is 13.4. The lowest BCUT2D eigenvalue weighted by Gasteiger charge is -2.07. The molecule has 1 heterocycles. The summed E-state index contributed by atoms with van der Waals surface area (Å²) in [6.07, 6.45) is 1.40. The Morgan fingerprint density at radius 2 is 2.20 bits per heavy atom. The molecular weight excluding hydrogens is 259 g/mol. The third-order valence-corrected chi connectivity index (χ3v) is 2.90. The molecule has 0 aliphatic heterocycles. The van der Waals surface area contributed by atoms with Gasteiger partial charge < -0.3 is 14.5 Å². The molecule has 0 saturated heterocycles. The fourth-order valence-electron chi connectivity index (χ4n) is 1.91. The van der Waals surface area contributed by atoms with E-state index in [0.717, 1.165) is 17.8 Å². The van der Waals surface area contributed by atoms with Crippen LogP contribution >= 0.6 is 0 Å². The summed E-state index contributed by atoms with van der Waals surface area (Å²) in [5.74, 6) is 1.01. The highest BCUT2D eigenvalue weighted by Crippen LogP contribution is 2.28. The zero-order valence-corrected chi connectivity index (χ0v) is 11.9. The summed E-state index contributed by atoms with van der Waals surface area (Å²) in [7, 11) is 1.44. The second-order valence-corrected chi connectivity index (χ2v) is 5.00. The third-order valence-electron chi connectivity index (χ3n) is 2.90. The minimum atomic E-state index is -0.393. The number of methoxy groups -OCH3 is 1. The molecule has 2 rings (SSSR count). The van der Waals surface area contributed by atoms with Crippen LogP contribution in [0, 0.1) is 11.7 Å². The van der Waals surface area contributed by atoms with Gasteiger partial charge in [0.1, 0.15) is 5.69 Å². The molecule has 108 valence electrons. The Balaban J connectivity index is 2.19. The van der Waals surface area contributed by atoms with E-state index < -0.39 is 5.82 Å². The number of nitrogens with zero attached hydrogens (tertiary/aromatic N) is 1. The van der Waals surface area contributed by atoms with Crippen LogP contribution < -0.4 is 10.1 Å². The van der Waals surface area contributed by atoms with Gasteiger partial charge in [-0.1, -0.05) is 13.8 Å². The Labute approximate surface area is 118 Å². The molecule has 0 fully saturated rings. The van der Waals surface area contributed by atoms with E-state index in [1.54, 1.807) is 12.1 Å². The summed E-state index contributed by atoms with van der Waals surface area (Å²) < 4.78 is 23.8. The van der Waals surface area contributed by atoms with Crippen molar-refractivity contribution in [3.63, 3.8) is 0 Å². The third kappa shape index (κ3) is 3.36. The van der Waals surface area contributed by atoms with Crippen molar-refractivity contribution in [3.8, 4) is 17.1 Å². The number of rotatable bonds is 6. The molecule has 0 radical (unpaired) electrons. The molecule has 0 saturated carbocycles. The molecule has 5 heteroatoms. The van der Waals surface area contributed by atoms with Crippen molar-refractivity contribution < 1.29 is 13.5 Å². The molecule has 0 atom stereocenters. The molecule has 1 aromatic heterocycles. The average Bonchev–Trinajstić information content (AvgIpc) is 2.87. The van der Waals surface area contributed by atoms with Gasteiger partial charge in [-0.2, -0.15) is 0 Å². The van der Waals surface area contributed by atoms with Crippen LogP contribution in [0.2, 0.25) is 0 Å². The molecule has 4 nitrogen and oxygen atoms in total. The fraction of sp³-hybridized carbons (Fsp3) is 0.400. The second kappa shape index (κ2) is 6.52. The van der Waals surface area contributed by atoms with Crippen molar-refractivity contribution in [1.82, 2.24) is 10.3 Å². The van der Waals surface area contributed by atoms with E-state index in [1.165, 1.54) is 19.6 Å². The maximum atomic E-state index is 13.4. The van der Waals surface area contributed by atoms with E-state index in [2.05, 4.69) is 24.1 Å². The van der Waals surface area contributed by atoms with Crippen molar-refractivity contribution in [3.05, 3.63) is 36.1 Å². The van der Waals surface area contributed by atoms with E-state index in [-0.39, 0.29) is 5.75 Å². The largest absolute Gasteiger partial charge is 0.494 e. The number of hydrogen-bond acceptors (Lipinski definition) is 4. The first-order chi connectivity index (χ1) is 9.61. The average molecular weight is 278 g/mol. The van der Waals surface area contributed by atoms with E-state index >= 15 is 0 Å². The summed E-state index contributed by atoms with van der Waals surface area (Å²) in [5, 5.41) is 3.31. The molecule has 0 unspecified atom stereocenters. The summed E-state index contributed by atoms with van der Waals surface area (Å²) in [6, 6.07) is 4.63. The smallest absolute Gasteiger partial charge is 0.181 e. The van der Waals surface area contributed by atoms with Gasteiger partial charge in [0.05, 0.1) is 7.11 Å². The standard InChI is InChI=1S/C15H19FN2O2/c1-10(2)7-17-8-13-15(20-9-18-13)11-4-5-12(16)14(6-11)19-3/h4-6,9-10,17H,7-8H2,1-3H3. The predicted octanol–water partition coefficient (Wildman–Crippen LogP) is 3.23. The fourth-order valence-corrected chi connectivity index (χ4v) is 1.91. The van der Waals surface area contributed by atoms with Crippen molar-refractivity contribution in [2.45, 2.75) is 20.4 Å². The molecule has 0 aliphatic carbocycles. The maximum Gasteiger partial charge on any atom is 0.181 e. The molecule has 0 aliphatic rings. The van der Waals surface area contributed by atoms with Crippen LogP contribution in [-0.2, 0) is 6.54 Å². The zero-order valence-electron chi connectivity index (χ0n) is 11.9. The Bertz CT molecular complexity index is 567. The summed E-state index contributed by atoms with van der Waals surface area (Å²) in [5.41, 5.74) is 1.56. The molecular formula is C15H19FN2O2. The van der Waals surface area contributed by atoms with E-state index in [4.69, 9.17) is 9.15 Å². The highest BCUT2D eigenvalue weighted by Gasteiger charge is 2.13. The van der Waals surface area contributed by atoms with Crippen molar-refractivity contribution in [2.24, 2.45) is 5.92 Å². The monoisotopic (exact) mass is 278 g/mol. The van der Waals surface area contributed by atoms with Gasteiger partial charge in [0.2, 0.25) is 0 Å². The van der Waals surface area contributed by atoms with Crippen LogP contribution in [0.1, 0.15) is 19.5 Å². The number of halogens is 1. The first-order valence-electron chi connectivity index (χ1n) is 6.58. The minimum absolute atomic E-state index is 0.194. The van der Waals surface area contributed by atoms with Gasteiger partial charge in [0.25, 0.3) is 0 Å². The van der Waals surface area contributed by atoms with Crippen LogP contribution in [-0.4, -0.2) is 18.6 Å². The highest BCUT2D eigenvalue weighted by atomic mass is 19.1. The van der Waals surface area contributed by atoms with E-state index in [9.17, 15) is 4.39 Å². The first-order valence-corrected chi connectivity index (χ1v) is 6.58. The molecule has 2 aromatic rings. The molecule has 20 heavy (non-hydrogen) atoms. The van der Waals surface area contributed by atoms with Gasteiger partial charge in [0.15, 0.2) is 23.7 Å². The van der Waals surface area contributed by atoms with Crippen LogP contribution in [0.5, 0.6) is 5.75 Å². The lowest BCUT2D eigenvalue weighted by atomic mass is 10.1. The first kappa shape index (κ1) is 14.5. The number of nitrogens with one attached hydrogen (secondary N) is 1. The summed E-state index contributed by atoms with van der Waals surface area (Å²) in [4.78, 5) is 4.20. The van der Waals surface area contributed by atoms with Gasteiger partial charge in [0, 0.05) is 12.1 Å². The van der Waals surface area contributed by atoms with Crippen LogP contribution in [0.4, 0.5) is 4.39 Å². The Morgan fingerprint density at radius 1 is 1.40 bits per heavy atom. The lowest BCUT2D eigenvalue weighted by molar-refractivity contribution is 0.386. The Hall–Kier alpha value is -1.88. The number of benzene rings is 1. The number of aromatic nitrogens is 1. The predicted molar refractivity (Wildman–Crippen MR) is 75.0 cm³/mol. The SMILES string of the molecule is COc1cc(-c2ocnc2CNCC(C)C)ccc1F. The topological polar surface area (TPSA) is 47.3 Å². The number of hydrogen-bond donors (Lipinski definition) is 1. The molecule has 0 bridgehead atoms. The summed E-state index contributed by atoms with van der Waals surface area (Å²) >= 11 is 0. The van der Waals surface area contributed by atoms with Gasteiger partial charge in [-0.25, -0.2) is 9.37 Å². The van der Waals surface area contributed by atoms with Crippen LogP contribution in [0.15, 0.2) is 29.0 Å². The second-order valence-electron chi connectivity index (χ2n) is 5.00.